The number of pyridine rings is 1. The Kier molecular flexibility index (Phi) is 5.94. The number of benzene rings is 1. The normalized spacial score (nSPS) is 10.9. The van der Waals surface area contributed by atoms with E-state index < -0.39 is 0 Å². The largest absolute Gasteiger partial charge is 0.468 e. The minimum absolute atomic E-state index is 0.313. The number of carbonyl (C=O) groups excluding carboxylic acids is 1. The Hall–Kier alpha value is -3.39. The Balaban J connectivity index is 1.70. The minimum Gasteiger partial charge on any atom is -0.468 e. The summed E-state index contributed by atoms with van der Waals surface area (Å²) in [6, 6.07) is 13.5. The average Bonchev–Trinajstić information content (AvgIpc) is 3.40. The third-order valence-electron chi connectivity index (χ3n) is 4.50. The van der Waals surface area contributed by atoms with Gasteiger partial charge in [-0.15, -0.1) is 10.2 Å². The molecule has 0 unspecified atom stereocenters. The molecule has 0 bridgehead atoms. The van der Waals surface area contributed by atoms with Crippen molar-refractivity contribution in [2.45, 2.75) is 24.8 Å². The second-order valence-corrected chi connectivity index (χ2v) is 7.37. The zero-order valence-electron chi connectivity index (χ0n) is 16.6. The quantitative estimate of drug-likeness (QED) is 0.316. The highest BCUT2D eigenvalue weighted by atomic mass is 32.2. The second-order valence-electron chi connectivity index (χ2n) is 6.43. The molecule has 0 radical (unpaired) electrons. The number of thioether (sulfide) groups is 1. The number of esters is 1. The Morgan fingerprint density at radius 3 is 2.70 bits per heavy atom. The van der Waals surface area contributed by atoms with Crippen molar-refractivity contribution in [3.8, 4) is 17.1 Å². The molecule has 0 amide bonds. The lowest BCUT2D eigenvalue weighted by molar-refractivity contribution is 0.0524. The highest BCUT2D eigenvalue weighted by Gasteiger charge is 2.20. The summed E-state index contributed by atoms with van der Waals surface area (Å²) < 4.78 is 12.6. The van der Waals surface area contributed by atoms with Gasteiger partial charge >= 0.3 is 5.97 Å². The lowest BCUT2D eigenvalue weighted by Crippen LogP contribution is -2.06. The number of para-hydroxylation sites is 1. The molecule has 4 aromatic rings. The van der Waals surface area contributed by atoms with Gasteiger partial charge in [-0.2, -0.15) is 0 Å². The van der Waals surface area contributed by atoms with E-state index in [1.165, 1.54) is 18.0 Å². The molecule has 0 aliphatic heterocycles. The molecule has 0 N–H and O–H groups in total. The Bertz CT molecular complexity index is 1150. The van der Waals surface area contributed by atoms with Gasteiger partial charge in [-0.3, -0.25) is 9.55 Å². The molecule has 3 aromatic heterocycles. The van der Waals surface area contributed by atoms with Gasteiger partial charge in [-0.25, -0.2) is 4.79 Å². The van der Waals surface area contributed by atoms with Crippen LogP contribution in [0.2, 0.25) is 0 Å². The SMILES string of the molecule is CCOC(=O)c1ccoc1CSc1nnc(-c2ccncc2)n1-c1ccccc1C. The van der Waals surface area contributed by atoms with Gasteiger partial charge in [-0.1, -0.05) is 30.0 Å². The summed E-state index contributed by atoms with van der Waals surface area (Å²) in [5, 5.41) is 9.55. The fourth-order valence-electron chi connectivity index (χ4n) is 3.06. The van der Waals surface area contributed by atoms with Crippen LogP contribution in [0.1, 0.15) is 28.6 Å². The fourth-order valence-corrected chi connectivity index (χ4v) is 3.95. The van der Waals surface area contributed by atoms with E-state index in [0.29, 0.717) is 28.8 Å². The van der Waals surface area contributed by atoms with E-state index in [1.54, 1.807) is 25.4 Å². The van der Waals surface area contributed by atoms with Crippen LogP contribution in [0.25, 0.3) is 17.1 Å². The molecule has 0 aliphatic rings. The zero-order valence-corrected chi connectivity index (χ0v) is 17.4. The van der Waals surface area contributed by atoms with E-state index in [-0.39, 0.29) is 5.97 Å². The zero-order chi connectivity index (χ0) is 20.9. The summed E-state index contributed by atoms with van der Waals surface area (Å²) in [4.78, 5) is 16.2. The van der Waals surface area contributed by atoms with Crippen LogP contribution in [0.15, 0.2) is 70.7 Å². The van der Waals surface area contributed by atoms with Crippen LogP contribution in [-0.2, 0) is 10.5 Å². The third kappa shape index (κ3) is 3.99. The third-order valence-corrected chi connectivity index (χ3v) is 5.43. The lowest BCUT2D eigenvalue weighted by Gasteiger charge is -2.12. The van der Waals surface area contributed by atoms with Gasteiger partial charge in [0.1, 0.15) is 11.3 Å². The molecule has 3 heterocycles. The van der Waals surface area contributed by atoms with Crippen molar-refractivity contribution >= 4 is 17.7 Å². The van der Waals surface area contributed by atoms with E-state index in [9.17, 15) is 4.79 Å². The molecule has 8 heteroatoms. The topological polar surface area (TPSA) is 83.0 Å². The first-order chi connectivity index (χ1) is 14.7. The number of rotatable bonds is 7. The molecule has 30 heavy (non-hydrogen) atoms. The van der Waals surface area contributed by atoms with Crippen molar-refractivity contribution in [1.29, 1.82) is 0 Å². The summed E-state index contributed by atoms with van der Waals surface area (Å²) in [6.07, 6.45) is 4.96. The molecular formula is C22H20N4O3S. The van der Waals surface area contributed by atoms with Crippen LogP contribution < -0.4 is 0 Å². The van der Waals surface area contributed by atoms with Crippen molar-refractivity contribution in [3.05, 3.63) is 78.0 Å². The summed E-state index contributed by atoms with van der Waals surface area (Å²) in [6.45, 7) is 4.14. The number of hydrogen-bond acceptors (Lipinski definition) is 7. The average molecular weight is 420 g/mol. The molecule has 0 spiro atoms. The van der Waals surface area contributed by atoms with Crippen LogP contribution in [0.3, 0.4) is 0 Å². The van der Waals surface area contributed by atoms with Gasteiger partial charge in [0, 0.05) is 18.0 Å². The van der Waals surface area contributed by atoms with E-state index in [4.69, 9.17) is 9.15 Å². The summed E-state index contributed by atoms with van der Waals surface area (Å²) in [5.41, 5.74) is 3.43. The molecule has 4 rings (SSSR count). The number of carbonyl (C=O) groups is 1. The number of aromatic nitrogens is 4. The van der Waals surface area contributed by atoms with Crippen molar-refractivity contribution in [2.24, 2.45) is 0 Å². The van der Waals surface area contributed by atoms with Gasteiger partial charge in [0.05, 0.1) is 24.3 Å². The molecule has 0 saturated heterocycles. The molecule has 0 aliphatic carbocycles. The molecule has 0 fully saturated rings. The first-order valence-corrected chi connectivity index (χ1v) is 10.5. The highest BCUT2D eigenvalue weighted by molar-refractivity contribution is 7.98. The lowest BCUT2D eigenvalue weighted by atomic mass is 10.2. The van der Waals surface area contributed by atoms with Crippen LogP contribution >= 0.6 is 11.8 Å². The van der Waals surface area contributed by atoms with Crippen molar-refractivity contribution < 1.29 is 13.9 Å². The fraction of sp³-hybridized carbons (Fsp3) is 0.182. The van der Waals surface area contributed by atoms with Gasteiger partial charge in [0.15, 0.2) is 11.0 Å². The van der Waals surface area contributed by atoms with Crippen LogP contribution in [0, 0.1) is 6.92 Å². The predicted molar refractivity (Wildman–Crippen MR) is 114 cm³/mol. The minimum atomic E-state index is -0.389. The molecule has 152 valence electrons. The molecule has 0 saturated carbocycles. The molecule has 7 nitrogen and oxygen atoms in total. The first-order valence-electron chi connectivity index (χ1n) is 9.47. The van der Waals surface area contributed by atoms with E-state index in [2.05, 4.69) is 15.2 Å². The van der Waals surface area contributed by atoms with Crippen molar-refractivity contribution in [1.82, 2.24) is 19.7 Å². The van der Waals surface area contributed by atoms with E-state index in [0.717, 1.165) is 22.6 Å². The molecule has 1 aromatic carbocycles. The van der Waals surface area contributed by atoms with Crippen molar-refractivity contribution in [2.75, 3.05) is 6.61 Å². The maximum Gasteiger partial charge on any atom is 0.341 e. The highest BCUT2D eigenvalue weighted by Crippen LogP contribution is 2.31. The first kappa shape index (κ1) is 19.9. The van der Waals surface area contributed by atoms with Gasteiger partial charge in [0.25, 0.3) is 0 Å². The number of hydrogen-bond donors (Lipinski definition) is 0. The Labute approximate surface area is 178 Å². The Morgan fingerprint density at radius 1 is 1.13 bits per heavy atom. The predicted octanol–water partition coefficient (Wildman–Crippen LogP) is 4.70. The number of ether oxygens (including phenoxy) is 1. The van der Waals surface area contributed by atoms with Gasteiger partial charge in [0.2, 0.25) is 0 Å². The Morgan fingerprint density at radius 2 is 1.93 bits per heavy atom. The summed E-state index contributed by atoms with van der Waals surface area (Å²) in [7, 11) is 0. The van der Waals surface area contributed by atoms with Crippen LogP contribution in [0.5, 0.6) is 0 Å². The van der Waals surface area contributed by atoms with E-state index in [1.807, 2.05) is 47.9 Å². The van der Waals surface area contributed by atoms with Crippen molar-refractivity contribution in [3.63, 3.8) is 0 Å². The smallest absolute Gasteiger partial charge is 0.341 e. The van der Waals surface area contributed by atoms with E-state index >= 15 is 0 Å². The summed E-state index contributed by atoms with van der Waals surface area (Å²) in [5.74, 6) is 1.30. The maximum absolute atomic E-state index is 12.1. The monoisotopic (exact) mass is 420 g/mol. The summed E-state index contributed by atoms with van der Waals surface area (Å²) >= 11 is 1.45. The molecule has 0 atom stereocenters. The maximum atomic E-state index is 12.1. The second kappa shape index (κ2) is 8.96. The molecular weight excluding hydrogens is 400 g/mol. The number of nitrogens with zero attached hydrogens (tertiary/aromatic N) is 4. The van der Waals surface area contributed by atoms with Gasteiger partial charge in [-0.05, 0) is 43.7 Å². The number of furan rings is 1. The standard InChI is InChI=1S/C22H20N4O3S/c1-3-28-21(27)17-10-13-29-19(17)14-30-22-25-24-20(16-8-11-23-12-9-16)26(22)18-7-5-4-6-15(18)2/h4-13H,3,14H2,1-2H3. The van der Waals surface area contributed by atoms with Crippen LogP contribution in [0.4, 0.5) is 0 Å². The van der Waals surface area contributed by atoms with Crippen LogP contribution in [-0.4, -0.2) is 32.3 Å². The van der Waals surface area contributed by atoms with Gasteiger partial charge < -0.3 is 9.15 Å². The number of aryl methyl sites for hydroxylation is 1.